The summed E-state index contributed by atoms with van der Waals surface area (Å²) < 4.78 is 18.7. The molecule has 0 bridgehead atoms. The van der Waals surface area contributed by atoms with Crippen LogP contribution in [0.4, 0.5) is 16.4 Å². The molecule has 4 N–H and O–H groups in total. The number of carbonyl (C=O) groups excluding carboxylic acids is 2. The summed E-state index contributed by atoms with van der Waals surface area (Å²) >= 11 is 0. The van der Waals surface area contributed by atoms with Gasteiger partial charge in [-0.15, -0.1) is 0 Å². The predicted molar refractivity (Wildman–Crippen MR) is 148 cm³/mol. The van der Waals surface area contributed by atoms with Gasteiger partial charge in [-0.2, -0.15) is 0 Å². The molecule has 12 heteroatoms. The molecule has 40 heavy (non-hydrogen) atoms. The zero-order valence-corrected chi connectivity index (χ0v) is 22.0. The number of fused-ring (bicyclic) bond motifs is 2. The molecule has 1 saturated heterocycles. The van der Waals surface area contributed by atoms with Crippen molar-refractivity contribution in [2.75, 3.05) is 36.9 Å². The number of hydrogen-bond donors (Lipinski definition) is 4. The molecule has 3 aliphatic rings. The second-order valence-electron chi connectivity index (χ2n) is 10.3. The van der Waals surface area contributed by atoms with Crippen LogP contribution in [0, 0.1) is 0 Å². The Morgan fingerprint density at radius 3 is 2.83 bits per heavy atom. The summed E-state index contributed by atoms with van der Waals surface area (Å²) in [6, 6.07) is 12.7. The molecule has 210 valence electrons. The Bertz CT molecular complexity index is 1470. The molecule has 1 saturated carbocycles. The van der Waals surface area contributed by atoms with Crippen LogP contribution in [0.1, 0.15) is 25.7 Å². The third-order valence-electron chi connectivity index (χ3n) is 7.38. The van der Waals surface area contributed by atoms with Gasteiger partial charge in [-0.3, -0.25) is 14.9 Å². The summed E-state index contributed by atoms with van der Waals surface area (Å²) in [6.45, 7) is 2.71. The SMILES string of the molecule is O=C1COc2ccc(NC(=O)O[C@@H]3CCCC(NCCn4c(=O)ccc5ccc(OC6CNC6)cc54)C3)nc2N1. The monoisotopic (exact) mass is 548 g/mol. The van der Waals surface area contributed by atoms with Gasteiger partial charge in [0.05, 0.1) is 5.52 Å². The lowest BCUT2D eigenvalue weighted by Crippen LogP contribution is -2.50. The van der Waals surface area contributed by atoms with Crippen molar-refractivity contribution >= 4 is 34.5 Å². The number of amides is 2. The molecule has 0 radical (unpaired) electrons. The van der Waals surface area contributed by atoms with Gasteiger partial charge in [0.15, 0.2) is 18.2 Å². The van der Waals surface area contributed by atoms with E-state index < -0.39 is 6.09 Å². The van der Waals surface area contributed by atoms with Gasteiger partial charge in [-0.05, 0) is 61.4 Å². The molecular formula is C28H32N6O6. The predicted octanol–water partition coefficient (Wildman–Crippen LogP) is 2.23. The standard InChI is InChI=1S/C28H32N6O6/c35-25-16-38-23-7-8-24(31-27(23)33-25)32-28(37)40-19-3-1-2-18(12-19)30-10-11-34-22-13-20(39-21-14-29-15-21)6-4-17(22)5-9-26(34)36/h4-9,13,18-19,21,29-30H,1-3,10-12,14-16H2,(H2,31,32,33,35,37)/t18?,19-/m1/s1. The lowest BCUT2D eigenvalue weighted by Gasteiger charge is -2.30. The fraction of sp³-hybridized carbons (Fsp3) is 0.429. The maximum atomic E-state index is 12.7. The van der Waals surface area contributed by atoms with E-state index in [1.165, 1.54) is 0 Å². The molecule has 12 nitrogen and oxygen atoms in total. The minimum Gasteiger partial charge on any atom is -0.488 e. The fourth-order valence-electron chi connectivity index (χ4n) is 5.25. The number of hydrogen-bond acceptors (Lipinski definition) is 9. The van der Waals surface area contributed by atoms with Crippen LogP contribution in [-0.4, -0.2) is 66.0 Å². The highest BCUT2D eigenvalue weighted by molar-refractivity contribution is 5.94. The first kappa shape index (κ1) is 26.1. The number of aromatic nitrogens is 2. The van der Waals surface area contributed by atoms with Crippen molar-refractivity contribution in [3.63, 3.8) is 0 Å². The second-order valence-corrected chi connectivity index (χ2v) is 10.3. The van der Waals surface area contributed by atoms with E-state index >= 15 is 0 Å². The van der Waals surface area contributed by atoms with Crippen molar-refractivity contribution in [3.05, 3.63) is 52.8 Å². The quantitative estimate of drug-likeness (QED) is 0.333. The van der Waals surface area contributed by atoms with Gasteiger partial charge < -0.3 is 34.7 Å². The first-order valence-corrected chi connectivity index (χ1v) is 13.7. The van der Waals surface area contributed by atoms with Gasteiger partial charge in [0.25, 0.3) is 11.5 Å². The van der Waals surface area contributed by atoms with Gasteiger partial charge in [0, 0.05) is 44.4 Å². The van der Waals surface area contributed by atoms with Crippen LogP contribution >= 0.6 is 0 Å². The third-order valence-corrected chi connectivity index (χ3v) is 7.38. The summed E-state index contributed by atoms with van der Waals surface area (Å²) in [5, 5.41) is 13.0. The van der Waals surface area contributed by atoms with E-state index in [-0.39, 0.29) is 48.0 Å². The average Bonchev–Trinajstić information content (AvgIpc) is 2.92. The molecule has 1 unspecified atom stereocenters. The molecule has 3 aromatic rings. The molecule has 4 heterocycles. The normalized spacial score (nSPS) is 20.6. The van der Waals surface area contributed by atoms with E-state index in [0.717, 1.165) is 49.0 Å². The molecule has 2 atom stereocenters. The van der Waals surface area contributed by atoms with Crippen LogP contribution in [0.15, 0.2) is 47.3 Å². The number of nitrogens with zero attached hydrogens (tertiary/aromatic N) is 2. The highest BCUT2D eigenvalue weighted by Crippen LogP contribution is 2.27. The minimum atomic E-state index is -0.598. The number of rotatable bonds is 8. The van der Waals surface area contributed by atoms with Crippen molar-refractivity contribution in [2.45, 2.75) is 50.5 Å². The van der Waals surface area contributed by atoms with E-state index in [2.05, 4.69) is 26.3 Å². The van der Waals surface area contributed by atoms with E-state index in [4.69, 9.17) is 14.2 Å². The second kappa shape index (κ2) is 11.5. The van der Waals surface area contributed by atoms with Crippen molar-refractivity contribution in [1.29, 1.82) is 0 Å². The first-order valence-electron chi connectivity index (χ1n) is 13.7. The minimum absolute atomic E-state index is 0.0554. The van der Waals surface area contributed by atoms with Gasteiger partial charge in [-0.25, -0.2) is 9.78 Å². The molecule has 6 rings (SSSR count). The van der Waals surface area contributed by atoms with Crippen LogP contribution in [-0.2, 0) is 16.1 Å². The molecule has 1 aromatic carbocycles. The largest absolute Gasteiger partial charge is 0.488 e. The van der Waals surface area contributed by atoms with Crippen molar-refractivity contribution in [1.82, 2.24) is 20.2 Å². The summed E-state index contributed by atoms with van der Waals surface area (Å²) in [4.78, 5) is 41.0. The molecule has 0 spiro atoms. The zero-order chi connectivity index (χ0) is 27.5. The van der Waals surface area contributed by atoms with Gasteiger partial charge >= 0.3 is 6.09 Å². The van der Waals surface area contributed by atoms with Gasteiger partial charge in [-0.1, -0.05) is 0 Å². The molecular weight excluding hydrogens is 516 g/mol. The summed E-state index contributed by atoms with van der Waals surface area (Å²) in [6.07, 6.45) is 2.65. The number of carbonyl (C=O) groups is 2. The number of ether oxygens (including phenoxy) is 3. The van der Waals surface area contributed by atoms with Crippen LogP contribution in [0.5, 0.6) is 11.5 Å². The lowest BCUT2D eigenvalue weighted by atomic mass is 9.93. The van der Waals surface area contributed by atoms with Gasteiger partial charge in [0.1, 0.15) is 23.8 Å². The molecule has 2 fully saturated rings. The van der Waals surface area contributed by atoms with Crippen molar-refractivity contribution in [3.8, 4) is 11.5 Å². The average molecular weight is 549 g/mol. The Labute approximate surface area is 230 Å². The van der Waals surface area contributed by atoms with Crippen LogP contribution < -0.4 is 36.3 Å². The maximum absolute atomic E-state index is 12.7. The Balaban J connectivity index is 1.02. The highest BCUT2D eigenvalue weighted by Gasteiger charge is 2.25. The fourth-order valence-corrected chi connectivity index (χ4v) is 5.25. The Hall–Kier alpha value is -4.16. The molecule has 2 aromatic heterocycles. The molecule has 2 amide bonds. The smallest absolute Gasteiger partial charge is 0.413 e. The number of anilines is 2. The van der Waals surface area contributed by atoms with E-state index in [1.807, 2.05) is 24.3 Å². The summed E-state index contributed by atoms with van der Waals surface area (Å²) in [5.41, 5.74) is 0.794. The van der Waals surface area contributed by atoms with E-state index in [9.17, 15) is 14.4 Å². The summed E-state index contributed by atoms with van der Waals surface area (Å²) in [7, 11) is 0. The summed E-state index contributed by atoms with van der Waals surface area (Å²) in [5.74, 6) is 1.44. The maximum Gasteiger partial charge on any atom is 0.413 e. The number of nitrogens with one attached hydrogen (secondary N) is 4. The lowest BCUT2D eigenvalue weighted by molar-refractivity contribution is -0.118. The van der Waals surface area contributed by atoms with E-state index in [0.29, 0.717) is 25.3 Å². The highest BCUT2D eigenvalue weighted by atomic mass is 16.6. The van der Waals surface area contributed by atoms with Gasteiger partial charge in [0.2, 0.25) is 0 Å². The van der Waals surface area contributed by atoms with E-state index in [1.54, 1.807) is 22.8 Å². The topological polar surface area (TPSA) is 145 Å². The Morgan fingerprint density at radius 2 is 1.98 bits per heavy atom. The Morgan fingerprint density at radius 1 is 1.10 bits per heavy atom. The zero-order valence-electron chi connectivity index (χ0n) is 22.0. The third kappa shape index (κ3) is 6.02. The van der Waals surface area contributed by atoms with Crippen LogP contribution in [0.2, 0.25) is 0 Å². The van der Waals surface area contributed by atoms with Crippen LogP contribution in [0.3, 0.4) is 0 Å². The number of benzene rings is 1. The van der Waals surface area contributed by atoms with Crippen molar-refractivity contribution in [2.24, 2.45) is 0 Å². The molecule has 2 aliphatic heterocycles. The van der Waals surface area contributed by atoms with Crippen LogP contribution in [0.25, 0.3) is 10.9 Å². The molecule has 1 aliphatic carbocycles. The van der Waals surface area contributed by atoms with Crippen molar-refractivity contribution < 1.29 is 23.8 Å². The first-order chi connectivity index (χ1) is 19.5. The number of pyridine rings is 2. The Kier molecular flexibility index (Phi) is 7.51.